The summed E-state index contributed by atoms with van der Waals surface area (Å²) in [6.45, 7) is 2.59. The standard InChI is InChI=1S/C18H21NO5S/c1-3-23-16-9-4-5-10-17(16)24-12-11-18(20)19-14-7-6-8-15(13-14)25(2,21)22/h4-10,13H,3,11-12H2,1-2H3,(H,19,20). The van der Waals surface area contributed by atoms with E-state index in [1.165, 1.54) is 12.1 Å². The van der Waals surface area contributed by atoms with E-state index in [1.807, 2.05) is 19.1 Å². The predicted molar refractivity (Wildman–Crippen MR) is 95.9 cm³/mol. The van der Waals surface area contributed by atoms with Crippen LogP contribution in [0.3, 0.4) is 0 Å². The third kappa shape index (κ3) is 5.79. The number of nitrogens with one attached hydrogen (secondary N) is 1. The molecule has 134 valence electrons. The zero-order valence-electron chi connectivity index (χ0n) is 14.2. The predicted octanol–water partition coefficient (Wildman–Crippen LogP) is 2.90. The Hall–Kier alpha value is -2.54. The van der Waals surface area contributed by atoms with E-state index < -0.39 is 9.84 Å². The zero-order valence-corrected chi connectivity index (χ0v) is 15.0. The van der Waals surface area contributed by atoms with Gasteiger partial charge in [-0.05, 0) is 37.3 Å². The van der Waals surface area contributed by atoms with Crippen molar-refractivity contribution in [3.8, 4) is 11.5 Å². The van der Waals surface area contributed by atoms with Crippen molar-refractivity contribution in [2.75, 3.05) is 24.8 Å². The van der Waals surface area contributed by atoms with Gasteiger partial charge in [-0.3, -0.25) is 4.79 Å². The Bertz CT molecular complexity index is 833. The van der Waals surface area contributed by atoms with Crippen LogP contribution in [-0.4, -0.2) is 33.8 Å². The molecule has 0 aliphatic rings. The molecule has 0 fully saturated rings. The monoisotopic (exact) mass is 363 g/mol. The van der Waals surface area contributed by atoms with E-state index in [1.54, 1.807) is 24.3 Å². The molecule has 0 aliphatic carbocycles. The summed E-state index contributed by atoms with van der Waals surface area (Å²) < 4.78 is 34.1. The van der Waals surface area contributed by atoms with Gasteiger partial charge in [0.2, 0.25) is 5.91 Å². The van der Waals surface area contributed by atoms with Crippen LogP contribution in [0.5, 0.6) is 11.5 Å². The van der Waals surface area contributed by atoms with E-state index >= 15 is 0 Å². The van der Waals surface area contributed by atoms with E-state index in [9.17, 15) is 13.2 Å². The summed E-state index contributed by atoms with van der Waals surface area (Å²) in [5.74, 6) is 0.946. The van der Waals surface area contributed by atoms with Crippen molar-refractivity contribution in [2.24, 2.45) is 0 Å². The van der Waals surface area contributed by atoms with E-state index in [0.717, 1.165) is 6.26 Å². The number of amides is 1. The molecule has 1 N–H and O–H groups in total. The number of hydrogen-bond donors (Lipinski definition) is 1. The highest BCUT2D eigenvalue weighted by Crippen LogP contribution is 2.26. The largest absolute Gasteiger partial charge is 0.490 e. The molecule has 0 aromatic heterocycles. The third-order valence-electron chi connectivity index (χ3n) is 3.28. The summed E-state index contributed by atoms with van der Waals surface area (Å²) in [5.41, 5.74) is 0.433. The molecule has 7 heteroatoms. The molecule has 2 rings (SSSR count). The van der Waals surface area contributed by atoms with Crippen molar-refractivity contribution in [3.05, 3.63) is 48.5 Å². The maximum absolute atomic E-state index is 12.0. The molecule has 2 aromatic rings. The number of ether oxygens (including phenoxy) is 2. The van der Waals surface area contributed by atoms with Gasteiger partial charge in [0.05, 0.1) is 24.5 Å². The van der Waals surface area contributed by atoms with Crippen molar-refractivity contribution in [1.82, 2.24) is 0 Å². The van der Waals surface area contributed by atoms with Gasteiger partial charge in [0, 0.05) is 11.9 Å². The first-order chi connectivity index (χ1) is 11.9. The molecule has 25 heavy (non-hydrogen) atoms. The smallest absolute Gasteiger partial charge is 0.227 e. The van der Waals surface area contributed by atoms with Gasteiger partial charge in [-0.25, -0.2) is 8.42 Å². The Morgan fingerprint density at radius 2 is 1.72 bits per heavy atom. The van der Waals surface area contributed by atoms with Gasteiger partial charge in [-0.15, -0.1) is 0 Å². The lowest BCUT2D eigenvalue weighted by Crippen LogP contribution is -2.15. The first-order valence-corrected chi connectivity index (χ1v) is 9.74. The fraction of sp³-hybridized carbons (Fsp3) is 0.278. The van der Waals surface area contributed by atoms with Crippen molar-refractivity contribution in [3.63, 3.8) is 0 Å². The molecule has 2 aromatic carbocycles. The van der Waals surface area contributed by atoms with E-state index in [-0.39, 0.29) is 23.8 Å². The number of carbonyl (C=O) groups is 1. The van der Waals surface area contributed by atoms with Crippen molar-refractivity contribution < 1.29 is 22.7 Å². The fourth-order valence-corrected chi connectivity index (χ4v) is 2.79. The topological polar surface area (TPSA) is 81.7 Å². The molecule has 0 atom stereocenters. The van der Waals surface area contributed by atoms with Crippen LogP contribution < -0.4 is 14.8 Å². The summed E-state index contributed by atoms with van der Waals surface area (Å²) in [6.07, 6.45) is 1.25. The summed E-state index contributed by atoms with van der Waals surface area (Å²) in [5, 5.41) is 2.67. The minimum Gasteiger partial charge on any atom is -0.490 e. The quantitative estimate of drug-likeness (QED) is 0.780. The molecule has 0 saturated carbocycles. The van der Waals surface area contributed by atoms with Gasteiger partial charge in [-0.1, -0.05) is 18.2 Å². The lowest BCUT2D eigenvalue weighted by molar-refractivity contribution is -0.116. The Morgan fingerprint density at radius 3 is 2.36 bits per heavy atom. The minimum atomic E-state index is -3.31. The second-order valence-corrected chi connectivity index (χ2v) is 7.34. The number of rotatable bonds is 8. The van der Waals surface area contributed by atoms with Crippen molar-refractivity contribution >= 4 is 21.4 Å². The highest BCUT2D eigenvalue weighted by atomic mass is 32.2. The van der Waals surface area contributed by atoms with E-state index in [2.05, 4.69) is 5.32 Å². The second-order valence-electron chi connectivity index (χ2n) is 5.33. The molecule has 0 unspecified atom stereocenters. The maximum Gasteiger partial charge on any atom is 0.227 e. The molecule has 0 bridgehead atoms. The number of carbonyl (C=O) groups excluding carboxylic acids is 1. The Kier molecular flexibility index (Phi) is 6.41. The van der Waals surface area contributed by atoms with E-state index in [4.69, 9.17) is 9.47 Å². The van der Waals surface area contributed by atoms with Crippen LogP contribution in [-0.2, 0) is 14.6 Å². The molecular weight excluding hydrogens is 342 g/mol. The first kappa shape index (κ1) is 18.8. The minimum absolute atomic E-state index is 0.129. The van der Waals surface area contributed by atoms with Crippen molar-refractivity contribution in [1.29, 1.82) is 0 Å². The molecule has 6 nitrogen and oxygen atoms in total. The summed E-state index contributed by atoms with van der Waals surface area (Å²) >= 11 is 0. The Labute approximate surface area is 147 Å². The summed E-state index contributed by atoms with van der Waals surface area (Å²) in [6, 6.07) is 13.4. The SMILES string of the molecule is CCOc1ccccc1OCCC(=O)Nc1cccc(S(C)(=O)=O)c1. The highest BCUT2D eigenvalue weighted by molar-refractivity contribution is 7.90. The van der Waals surface area contributed by atoms with Gasteiger partial charge < -0.3 is 14.8 Å². The molecular formula is C18H21NO5S. The van der Waals surface area contributed by atoms with Gasteiger partial charge in [0.15, 0.2) is 21.3 Å². The number of hydrogen-bond acceptors (Lipinski definition) is 5. The maximum atomic E-state index is 12.0. The van der Waals surface area contributed by atoms with Gasteiger partial charge >= 0.3 is 0 Å². The van der Waals surface area contributed by atoms with Gasteiger partial charge in [0.1, 0.15) is 0 Å². The summed E-state index contributed by atoms with van der Waals surface area (Å²) in [4.78, 5) is 12.2. The number of para-hydroxylation sites is 2. The average molecular weight is 363 g/mol. The van der Waals surface area contributed by atoms with Crippen LogP contribution in [0, 0.1) is 0 Å². The van der Waals surface area contributed by atoms with Crippen LogP contribution in [0.15, 0.2) is 53.4 Å². The molecule has 0 spiro atoms. The van der Waals surface area contributed by atoms with E-state index in [0.29, 0.717) is 23.8 Å². The third-order valence-corrected chi connectivity index (χ3v) is 4.39. The molecule has 1 amide bonds. The molecule has 0 aliphatic heterocycles. The van der Waals surface area contributed by atoms with Gasteiger partial charge in [-0.2, -0.15) is 0 Å². The normalized spacial score (nSPS) is 11.0. The lowest BCUT2D eigenvalue weighted by Gasteiger charge is -2.11. The summed E-state index contributed by atoms with van der Waals surface area (Å²) in [7, 11) is -3.31. The second kappa shape index (κ2) is 8.53. The number of sulfone groups is 1. The molecule has 0 heterocycles. The lowest BCUT2D eigenvalue weighted by atomic mass is 10.3. The van der Waals surface area contributed by atoms with Crippen LogP contribution in [0.4, 0.5) is 5.69 Å². The van der Waals surface area contributed by atoms with Crippen LogP contribution in [0.2, 0.25) is 0 Å². The Morgan fingerprint density at radius 1 is 1.04 bits per heavy atom. The molecule has 0 saturated heterocycles. The number of benzene rings is 2. The highest BCUT2D eigenvalue weighted by Gasteiger charge is 2.10. The molecule has 0 radical (unpaired) electrons. The van der Waals surface area contributed by atoms with Crippen LogP contribution >= 0.6 is 0 Å². The van der Waals surface area contributed by atoms with Gasteiger partial charge in [0.25, 0.3) is 0 Å². The van der Waals surface area contributed by atoms with Crippen LogP contribution in [0.1, 0.15) is 13.3 Å². The van der Waals surface area contributed by atoms with Crippen LogP contribution in [0.25, 0.3) is 0 Å². The number of anilines is 1. The zero-order chi connectivity index (χ0) is 18.3. The average Bonchev–Trinajstić information content (AvgIpc) is 2.56. The Balaban J connectivity index is 1.90. The van der Waals surface area contributed by atoms with Crippen molar-refractivity contribution in [2.45, 2.75) is 18.2 Å². The first-order valence-electron chi connectivity index (χ1n) is 7.84. The fourth-order valence-electron chi connectivity index (χ4n) is 2.13.